The summed E-state index contributed by atoms with van der Waals surface area (Å²) in [5.74, 6) is 0. The minimum absolute atomic E-state index is 0.246. The summed E-state index contributed by atoms with van der Waals surface area (Å²) < 4.78 is 25.0. The highest BCUT2D eigenvalue weighted by atomic mass is 79.9. The van der Waals surface area contributed by atoms with Crippen molar-refractivity contribution in [2.45, 2.75) is 36.5 Å². The summed E-state index contributed by atoms with van der Waals surface area (Å²) in [4.78, 5) is 0.246. The van der Waals surface area contributed by atoms with Gasteiger partial charge in [-0.2, -0.15) is 0 Å². The monoisotopic (exact) mass is 306 g/mol. The van der Waals surface area contributed by atoms with Crippen molar-refractivity contribution in [1.29, 1.82) is 0 Å². The van der Waals surface area contributed by atoms with Crippen LogP contribution in [-0.4, -0.2) is 24.9 Å². The molecule has 2 unspecified atom stereocenters. The zero-order chi connectivity index (χ0) is 12.3. The van der Waals surface area contributed by atoms with E-state index in [1.807, 2.05) is 0 Å². The molecule has 0 aliphatic carbocycles. The van der Waals surface area contributed by atoms with E-state index in [4.69, 9.17) is 0 Å². The second kappa shape index (κ2) is 5.29. The lowest BCUT2D eigenvalue weighted by Gasteiger charge is -2.17. The van der Waals surface area contributed by atoms with Crippen molar-refractivity contribution < 1.29 is 13.5 Å². The minimum atomic E-state index is -3.44. The molecule has 0 amide bonds. The number of benzene rings is 1. The van der Waals surface area contributed by atoms with Gasteiger partial charge in [0.15, 0.2) is 9.84 Å². The number of sulfone groups is 1. The van der Waals surface area contributed by atoms with Gasteiger partial charge in [0.2, 0.25) is 0 Å². The Bertz CT molecular complexity index is 439. The van der Waals surface area contributed by atoms with E-state index in [2.05, 4.69) is 15.9 Å². The van der Waals surface area contributed by atoms with Crippen molar-refractivity contribution in [2.75, 3.05) is 0 Å². The molecule has 0 bridgehead atoms. The van der Waals surface area contributed by atoms with Gasteiger partial charge in [-0.05, 0) is 37.6 Å². The molecule has 2 atom stereocenters. The largest absolute Gasteiger partial charge is 0.392 e. The van der Waals surface area contributed by atoms with E-state index in [9.17, 15) is 13.5 Å². The summed E-state index contributed by atoms with van der Waals surface area (Å²) in [7, 11) is -3.44. The molecule has 1 aromatic carbocycles. The molecule has 0 aliphatic heterocycles. The Hall–Kier alpha value is -0.390. The maximum Gasteiger partial charge on any atom is 0.183 e. The van der Waals surface area contributed by atoms with Crippen molar-refractivity contribution in [3.63, 3.8) is 0 Å². The van der Waals surface area contributed by atoms with E-state index in [0.29, 0.717) is 6.42 Å². The van der Waals surface area contributed by atoms with Crippen LogP contribution in [0.1, 0.15) is 20.3 Å². The zero-order valence-electron chi connectivity index (χ0n) is 9.22. The number of halogens is 1. The average Bonchev–Trinajstić information content (AvgIpc) is 2.27. The Morgan fingerprint density at radius 3 is 2.25 bits per heavy atom. The van der Waals surface area contributed by atoms with Gasteiger partial charge in [-0.15, -0.1) is 0 Å². The maximum absolute atomic E-state index is 12.1. The molecule has 0 radical (unpaired) electrons. The number of aliphatic hydroxyl groups is 1. The molecule has 1 N–H and O–H groups in total. The van der Waals surface area contributed by atoms with Crippen LogP contribution in [0.5, 0.6) is 0 Å². The Morgan fingerprint density at radius 2 is 1.81 bits per heavy atom. The predicted molar refractivity (Wildman–Crippen MR) is 67.1 cm³/mol. The van der Waals surface area contributed by atoms with Gasteiger partial charge >= 0.3 is 0 Å². The van der Waals surface area contributed by atoms with Gasteiger partial charge in [-0.3, -0.25) is 0 Å². The fourth-order valence-corrected chi connectivity index (χ4v) is 3.19. The SMILES string of the molecule is CCC(O)C(C)S(=O)(=O)c1ccc(Br)cc1. The third-order valence-electron chi connectivity index (χ3n) is 2.59. The van der Waals surface area contributed by atoms with Crippen molar-refractivity contribution in [3.8, 4) is 0 Å². The second-order valence-corrected chi connectivity index (χ2v) is 6.90. The van der Waals surface area contributed by atoms with Crippen LogP contribution >= 0.6 is 15.9 Å². The topological polar surface area (TPSA) is 54.4 Å². The van der Waals surface area contributed by atoms with Crippen molar-refractivity contribution in [1.82, 2.24) is 0 Å². The van der Waals surface area contributed by atoms with Gasteiger partial charge in [0.25, 0.3) is 0 Å². The molecule has 1 rings (SSSR count). The molecule has 1 aromatic rings. The normalized spacial score (nSPS) is 15.8. The van der Waals surface area contributed by atoms with Crippen molar-refractivity contribution in [3.05, 3.63) is 28.7 Å². The van der Waals surface area contributed by atoms with E-state index in [1.165, 1.54) is 19.1 Å². The Morgan fingerprint density at radius 1 is 1.31 bits per heavy atom. The molecule has 16 heavy (non-hydrogen) atoms. The van der Waals surface area contributed by atoms with Gasteiger partial charge in [0.05, 0.1) is 16.2 Å². The molecule has 0 saturated carbocycles. The summed E-state index contributed by atoms with van der Waals surface area (Å²) in [6.45, 7) is 3.30. The summed E-state index contributed by atoms with van der Waals surface area (Å²) in [6.07, 6.45) is -0.398. The number of hydrogen-bond donors (Lipinski definition) is 1. The molecule has 3 nitrogen and oxygen atoms in total. The van der Waals surface area contributed by atoms with Crippen LogP contribution < -0.4 is 0 Å². The minimum Gasteiger partial charge on any atom is -0.392 e. The van der Waals surface area contributed by atoms with Crippen LogP contribution in [0.25, 0.3) is 0 Å². The molecule has 0 spiro atoms. The van der Waals surface area contributed by atoms with E-state index >= 15 is 0 Å². The average molecular weight is 307 g/mol. The van der Waals surface area contributed by atoms with Crippen LogP contribution in [-0.2, 0) is 9.84 Å². The molecule has 90 valence electrons. The summed E-state index contributed by atoms with van der Waals surface area (Å²) >= 11 is 3.25. The Labute approximate surface area is 105 Å². The van der Waals surface area contributed by atoms with Crippen molar-refractivity contribution >= 4 is 25.8 Å². The highest BCUT2D eigenvalue weighted by molar-refractivity contribution is 9.10. The zero-order valence-corrected chi connectivity index (χ0v) is 11.6. The van der Waals surface area contributed by atoms with E-state index < -0.39 is 21.2 Å². The van der Waals surface area contributed by atoms with Crippen LogP contribution in [0.3, 0.4) is 0 Å². The standard InChI is InChI=1S/C11H15BrO3S/c1-3-11(13)8(2)16(14,15)10-6-4-9(12)5-7-10/h4-8,11,13H,3H2,1-2H3. The smallest absolute Gasteiger partial charge is 0.183 e. The highest BCUT2D eigenvalue weighted by Crippen LogP contribution is 2.21. The summed E-state index contributed by atoms with van der Waals surface area (Å²) in [6, 6.07) is 6.44. The number of aliphatic hydroxyl groups excluding tert-OH is 1. The lowest BCUT2D eigenvalue weighted by molar-refractivity contribution is 0.168. The predicted octanol–water partition coefficient (Wildman–Crippen LogP) is 2.38. The van der Waals surface area contributed by atoms with Crippen LogP contribution in [0.4, 0.5) is 0 Å². The molecule has 5 heteroatoms. The second-order valence-electron chi connectivity index (χ2n) is 3.68. The van der Waals surface area contributed by atoms with Gasteiger partial charge < -0.3 is 5.11 Å². The molecule has 0 saturated heterocycles. The first-order valence-corrected chi connectivity index (χ1v) is 7.41. The van der Waals surface area contributed by atoms with E-state index in [-0.39, 0.29) is 4.90 Å². The molecule has 0 fully saturated rings. The van der Waals surface area contributed by atoms with Crippen LogP contribution in [0.15, 0.2) is 33.6 Å². The molecule has 0 heterocycles. The maximum atomic E-state index is 12.1. The first-order chi connectivity index (χ1) is 7.39. The van der Waals surface area contributed by atoms with Gasteiger partial charge in [-0.1, -0.05) is 22.9 Å². The van der Waals surface area contributed by atoms with Crippen LogP contribution in [0, 0.1) is 0 Å². The molecular weight excluding hydrogens is 292 g/mol. The third-order valence-corrected chi connectivity index (χ3v) is 5.34. The van der Waals surface area contributed by atoms with E-state index in [0.717, 1.165) is 4.47 Å². The lowest BCUT2D eigenvalue weighted by atomic mass is 10.2. The summed E-state index contributed by atoms with van der Waals surface area (Å²) in [5, 5.41) is 8.81. The highest BCUT2D eigenvalue weighted by Gasteiger charge is 2.28. The Balaban J connectivity index is 3.07. The number of rotatable bonds is 4. The first kappa shape index (κ1) is 13.7. The van der Waals surface area contributed by atoms with Gasteiger partial charge in [-0.25, -0.2) is 8.42 Å². The van der Waals surface area contributed by atoms with Gasteiger partial charge in [0, 0.05) is 4.47 Å². The van der Waals surface area contributed by atoms with Gasteiger partial charge in [0.1, 0.15) is 0 Å². The number of hydrogen-bond acceptors (Lipinski definition) is 3. The fraction of sp³-hybridized carbons (Fsp3) is 0.455. The van der Waals surface area contributed by atoms with Crippen molar-refractivity contribution in [2.24, 2.45) is 0 Å². The molecule has 0 aliphatic rings. The quantitative estimate of drug-likeness (QED) is 0.929. The lowest BCUT2D eigenvalue weighted by Crippen LogP contribution is -2.30. The third kappa shape index (κ3) is 2.84. The van der Waals surface area contributed by atoms with E-state index in [1.54, 1.807) is 19.1 Å². The van der Waals surface area contributed by atoms with Crippen LogP contribution in [0.2, 0.25) is 0 Å². The molecule has 0 aromatic heterocycles. The summed E-state index contributed by atoms with van der Waals surface area (Å²) in [5.41, 5.74) is 0. The Kier molecular flexibility index (Phi) is 4.52. The first-order valence-electron chi connectivity index (χ1n) is 5.07. The molecular formula is C11H15BrO3S. The fourth-order valence-electron chi connectivity index (χ4n) is 1.38.